The molecule has 2 aromatic rings. The summed E-state index contributed by atoms with van der Waals surface area (Å²) >= 11 is 0. The Morgan fingerprint density at radius 2 is 1.95 bits per heavy atom. The molecule has 0 unspecified atom stereocenters. The fourth-order valence-corrected chi connectivity index (χ4v) is 1.58. The van der Waals surface area contributed by atoms with Crippen molar-refractivity contribution in [3.8, 4) is 0 Å². The highest BCUT2D eigenvalue weighted by Gasteiger charge is 2.13. The zero-order chi connectivity index (χ0) is 15.2. The number of hydrogen-bond acceptors (Lipinski definition) is 4. The van der Waals surface area contributed by atoms with Gasteiger partial charge in [-0.15, -0.1) is 0 Å². The summed E-state index contributed by atoms with van der Waals surface area (Å²) in [7, 11) is 0. The molecule has 108 valence electrons. The number of nitrogens with zero attached hydrogens (tertiary/aromatic N) is 1. The smallest absolute Gasteiger partial charge is 0.329 e. The zero-order valence-electron chi connectivity index (χ0n) is 11.7. The van der Waals surface area contributed by atoms with Crippen molar-refractivity contribution in [2.24, 2.45) is 5.10 Å². The van der Waals surface area contributed by atoms with Crippen LogP contribution in [0.3, 0.4) is 0 Å². The van der Waals surface area contributed by atoms with E-state index in [0.29, 0.717) is 11.4 Å². The quantitative estimate of drug-likeness (QED) is 0.514. The molecule has 0 radical (unpaired) electrons. The van der Waals surface area contributed by atoms with Crippen molar-refractivity contribution in [3.63, 3.8) is 0 Å². The predicted octanol–water partition coefficient (Wildman–Crippen LogP) is 1.99. The number of carbonyl (C=O) groups is 2. The minimum absolute atomic E-state index is 0.477. The molecule has 2 N–H and O–H groups in total. The van der Waals surface area contributed by atoms with Crippen LogP contribution in [0, 0.1) is 13.8 Å². The maximum Gasteiger partial charge on any atom is 0.329 e. The van der Waals surface area contributed by atoms with Gasteiger partial charge < -0.3 is 9.73 Å². The van der Waals surface area contributed by atoms with Crippen molar-refractivity contribution in [1.82, 2.24) is 5.43 Å². The van der Waals surface area contributed by atoms with Crippen molar-refractivity contribution in [2.45, 2.75) is 13.8 Å². The molecule has 0 saturated heterocycles. The molecule has 0 fully saturated rings. The van der Waals surface area contributed by atoms with Gasteiger partial charge in [-0.2, -0.15) is 5.10 Å². The van der Waals surface area contributed by atoms with E-state index >= 15 is 0 Å². The number of furan rings is 1. The fraction of sp³-hybridized carbons (Fsp3) is 0.133. The number of hydrazone groups is 1. The number of amides is 2. The molecule has 1 heterocycles. The molecule has 2 rings (SSSR count). The molecule has 0 bridgehead atoms. The van der Waals surface area contributed by atoms with Crippen LogP contribution in [0.5, 0.6) is 0 Å². The summed E-state index contributed by atoms with van der Waals surface area (Å²) in [5, 5.41) is 6.13. The van der Waals surface area contributed by atoms with Crippen molar-refractivity contribution in [1.29, 1.82) is 0 Å². The first-order chi connectivity index (χ1) is 10.1. The van der Waals surface area contributed by atoms with Crippen LogP contribution in [0.2, 0.25) is 0 Å². The molecule has 1 aromatic heterocycles. The normalized spacial score (nSPS) is 10.6. The van der Waals surface area contributed by atoms with Gasteiger partial charge in [-0.3, -0.25) is 9.59 Å². The van der Waals surface area contributed by atoms with Crippen LogP contribution in [-0.4, -0.2) is 18.0 Å². The maximum atomic E-state index is 11.7. The summed E-state index contributed by atoms with van der Waals surface area (Å²) in [4.78, 5) is 23.2. The van der Waals surface area contributed by atoms with Crippen molar-refractivity contribution < 1.29 is 14.0 Å². The van der Waals surface area contributed by atoms with E-state index in [-0.39, 0.29) is 0 Å². The molecule has 0 aliphatic carbocycles. The highest BCUT2D eigenvalue weighted by Crippen LogP contribution is 2.13. The summed E-state index contributed by atoms with van der Waals surface area (Å²) in [6.45, 7) is 3.90. The lowest BCUT2D eigenvalue weighted by Gasteiger charge is -2.06. The number of anilines is 1. The molecule has 0 aliphatic rings. The maximum absolute atomic E-state index is 11.7. The Bertz CT molecular complexity index is 675. The van der Waals surface area contributed by atoms with Gasteiger partial charge in [0.1, 0.15) is 5.76 Å². The molecule has 21 heavy (non-hydrogen) atoms. The summed E-state index contributed by atoms with van der Waals surface area (Å²) < 4.78 is 4.99. The molecule has 2 amide bonds. The third-order valence-electron chi connectivity index (χ3n) is 2.87. The van der Waals surface area contributed by atoms with Crippen LogP contribution < -0.4 is 10.7 Å². The molecule has 6 heteroatoms. The van der Waals surface area contributed by atoms with Crippen molar-refractivity contribution in [3.05, 3.63) is 53.5 Å². The monoisotopic (exact) mass is 285 g/mol. The Morgan fingerprint density at radius 1 is 1.14 bits per heavy atom. The molecular formula is C15H15N3O3. The standard InChI is InChI=1S/C15H15N3O3/c1-10-5-6-12(8-11(10)2)17-14(19)15(20)18-16-9-13-4-3-7-21-13/h3-9H,1-2H3,(H,17,19)(H,18,20)/b16-9+. The Morgan fingerprint density at radius 3 is 2.62 bits per heavy atom. The highest BCUT2D eigenvalue weighted by molar-refractivity contribution is 6.39. The van der Waals surface area contributed by atoms with Gasteiger partial charge >= 0.3 is 11.8 Å². The number of rotatable bonds is 3. The van der Waals surface area contributed by atoms with Crippen molar-refractivity contribution in [2.75, 3.05) is 5.32 Å². The third kappa shape index (κ3) is 4.04. The predicted molar refractivity (Wildman–Crippen MR) is 79.0 cm³/mol. The van der Waals surface area contributed by atoms with E-state index in [9.17, 15) is 9.59 Å². The average Bonchev–Trinajstić information content (AvgIpc) is 2.96. The Balaban J connectivity index is 1.90. The molecule has 0 atom stereocenters. The van der Waals surface area contributed by atoms with Gasteiger partial charge in [0.15, 0.2) is 0 Å². The Labute approximate surface area is 121 Å². The first kappa shape index (κ1) is 14.5. The number of carbonyl (C=O) groups excluding carboxylic acids is 2. The molecule has 1 aromatic carbocycles. The minimum Gasteiger partial charge on any atom is -0.463 e. The van der Waals surface area contributed by atoms with Gasteiger partial charge in [0.2, 0.25) is 0 Å². The van der Waals surface area contributed by atoms with E-state index in [0.717, 1.165) is 11.1 Å². The SMILES string of the molecule is Cc1ccc(NC(=O)C(=O)N/N=C/c2ccco2)cc1C. The second kappa shape index (κ2) is 6.51. The lowest BCUT2D eigenvalue weighted by molar-refractivity contribution is -0.136. The molecular weight excluding hydrogens is 270 g/mol. The van der Waals surface area contributed by atoms with Crippen LogP contribution in [0.15, 0.2) is 46.1 Å². The van der Waals surface area contributed by atoms with Gasteiger partial charge in [-0.1, -0.05) is 6.07 Å². The second-order valence-electron chi connectivity index (χ2n) is 4.47. The Kier molecular flexibility index (Phi) is 4.50. The highest BCUT2D eigenvalue weighted by atomic mass is 16.3. The fourth-order valence-electron chi connectivity index (χ4n) is 1.58. The molecule has 0 spiro atoms. The van der Waals surface area contributed by atoms with Gasteiger partial charge in [-0.05, 0) is 49.2 Å². The third-order valence-corrected chi connectivity index (χ3v) is 2.87. The van der Waals surface area contributed by atoms with E-state index in [2.05, 4.69) is 15.8 Å². The van der Waals surface area contributed by atoms with E-state index in [4.69, 9.17) is 4.42 Å². The number of hydrogen-bond donors (Lipinski definition) is 2. The minimum atomic E-state index is -0.851. The topological polar surface area (TPSA) is 83.7 Å². The van der Waals surface area contributed by atoms with Gasteiger partial charge in [0.25, 0.3) is 0 Å². The average molecular weight is 285 g/mol. The number of aryl methyl sites for hydroxylation is 2. The summed E-state index contributed by atoms with van der Waals surface area (Å²) in [5.74, 6) is -1.16. The van der Waals surface area contributed by atoms with E-state index < -0.39 is 11.8 Å². The Hall–Kier alpha value is -2.89. The van der Waals surface area contributed by atoms with Gasteiger partial charge in [-0.25, -0.2) is 5.43 Å². The largest absolute Gasteiger partial charge is 0.463 e. The first-order valence-electron chi connectivity index (χ1n) is 6.31. The van der Waals surface area contributed by atoms with E-state index in [1.807, 2.05) is 19.9 Å². The number of nitrogens with one attached hydrogen (secondary N) is 2. The molecule has 0 aliphatic heterocycles. The van der Waals surface area contributed by atoms with Crippen molar-refractivity contribution >= 4 is 23.7 Å². The van der Waals surface area contributed by atoms with Gasteiger partial charge in [0, 0.05) is 5.69 Å². The second-order valence-corrected chi connectivity index (χ2v) is 4.47. The van der Waals surface area contributed by atoms with Crippen LogP contribution in [-0.2, 0) is 9.59 Å². The first-order valence-corrected chi connectivity index (χ1v) is 6.31. The summed E-state index contributed by atoms with van der Waals surface area (Å²) in [5.41, 5.74) is 4.83. The van der Waals surface area contributed by atoms with E-state index in [1.54, 1.807) is 24.3 Å². The zero-order valence-corrected chi connectivity index (χ0v) is 11.7. The lowest BCUT2D eigenvalue weighted by atomic mass is 10.1. The van der Waals surface area contributed by atoms with Crippen LogP contribution in [0.4, 0.5) is 5.69 Å². The van der Waals surface area contributed by atoms with Crippen LogP contribution in [0.1, 0.15) is 16.9 Å². The lowest BCUT2D eigenvalue weighted by Crippen LogP contribution is -2.32. The molecule has 0 saturated carbocycles. The summed E-state index contributed by atoms with van der Waals surface area (Å²) in [6.07, 6.45) is 2.79. The van der Waals surface area contributed by atoms with Gasteiger partial charge in [0.05, 0.1) is 12.5 Å². The molecule has 6 nitrogen and oxygen atoms in total. The summed E-state index contributed by atoms with van der Waals surface area (Å²) in [6, 6.07) is 8.77. The number of benzene rings is 1. The van der Waals surface area contributed by atoms with E-state index in [1.165, 1.54) is 12.5 Å². The van der Waals surface area contributed by atoms with Crippen LogP contribution in [0.25, 0.3) is 0 Å². The van der Waals surface area contributed by atoms with Crippen LogP contribution >= 0.6 is 0 Å².